The number of rotatable bonds is 5. The Morgan fingerprint density at radius 3 is 2.52 bits per heavy atom. The van der Waals surface area contributed by atoms with Crippen molar-refractivity contribution < 1.29 is 18.0 Å². The van der Waals surface area contributed by atoms with E-state index in [0.29, 0.717) is 25.6 Å². The molecule has 2 amide bonds. The van der Waals surface area contributed by atoms with Gasteiger partial charge in [0.2, 0.25) is 21.8 Å². The molecule has 0 aromatic rings. The van der Waals surface area contributed by atoms with Gasteiger partial charge in [0.1, 0.15) is 0 Å². The normalized spacial score (nSPS) is 27.8. The zero-order valence-corrected chi connectivity index (χ0v) is 12.9. The van der Waals surface area contributed by atoms with E-state index in [2.05, 4.69) is 5.32 Å². The summed E-state index contributed by atoms with van der Waals surface area (Å²) in [7, 11) is -1.60. The predicted octanol–water partition coefficient (Wildman–Crippen LogP) is -0.995. The van der Waals surface area contributed by atoms with Gasteiger partial charge >= 0.3 is 0 Å². The van der Waals surface area contributed by atoms with Crippen LogP contribution in [0.4, 0.5) is 0 Å². The van der Waals surface area contributed by atoms with Crippen molar-refractivity contribution in [2.45, 2.75) is 25.3 Å². The van der Waals surface area contributed by atoms with Crippen LogP contribution in [0.1, 0.15) is 19.3 Å². The summed E-state index contributed by atoms with van der Waals surface area (Å²) in [5.41, 5.74) is 0. The Morgan fingerprint density at radius 2 is 1.95 bits per heavy atom. The van der Waals surface area contributed by atoms with Crippen LogP contribution in [0.25, 0.3) is 0 Å². The van der Waals surface area contributed by atoms with Crippen LogP contribution in [0, 0.1) is 11.8 Å². The van der Waals surface area contributed by atoms with Crippen LogP contribution in [-0.4, -0.2) is 67.9 Å². The lowest BCUT2D eigenvalue weighted by molar-refractivity contribution is -0.132. The average molecular weight is 315 g/mol. The first-order valence-electron chi connectivity index (χ1n) is 7.39. The number of nitrogens with zero attached hydrogens (tertiary/aromatic N) is 2. The molecule has 1 aliphatic carbocycles. The number of hydrogen-bond donors (Lipinski definition) is 1. The lowest BCUT2D eigenvalue weighted by Crippen LogP contribution is -2.61. The van der Waals surface area contributed by atoms with Crippen molar-refractivity contribution in [2.75, 3.05) is 32.4 Å². The van der Waals surface area contributed by atoms with Crippen LogP contribution in [0.15, 0.2) is 0 Å². The summed E-state index contributed by atoms with van der Waals surface area (Å²) in [6.45, 7) is 1.15. The molecular weight excluding hydrogens is 294 g/mol. The second-order valence-electron chi connectivity index (χ2n) is 6.25. The van der Waals surface area contributed by atoms with E-state index in [0.717, 1.165) is 12.8 Å². The van der Waals surface area contributed by atoms with Crippen LogP contribution < -0.4 is 5.32 Å². The first kappa shape index (κ1) is 14.8. The van der Waals surface area contributed by atoms with Crippen LogP contribution >= 0.6 is 0 Å². The minimum absolute atomic E-state index is 0.0483. The Hall–Kier alpha value is -1.15. The predicted molar refractivity (Wildman–Crippen MR) is 75.8 cm³/mol. The van der Waals surface area contributed by atoms with Crippen molar-refractivity contribution in [3.8, 4) is 0 Å². The number of sulfonamides is 1. The number of carbonyl (C=O) groups is 2. The number of hydrogen-bond acceptors (Lipinski definition) is 4. The molecule has 2 aliphatic heterocycles. The molecule has 0 aromatic carbocycles. The van der Waals surface area contributed by atoms with Crippen molar-refractivity contribution in [1.82, 2.24) is 14.5 Å². The highest BCUT2D eigenvalue weighted by atomic mass is 32.2. The van der Waals surface area contributed by atoms with Crippen molar-refractivity contribution >= 4 is 21.8 Å². The molecular formula is C13H21N3O4S. The van der Waals surface area contributed by atoms with Crippen LogP contribution in [0.2, 0.25) is 0 Å². The fourth-order valence-corrected chi connectivity index (χ4v) is 4.93. The molecule has 8 heteroatoms. The second kappa shape index (κ2) is 5.24. The SMILES string of the molecule is CNC(=O)C1CC(=O)N(C2CN(S(=O)(=O)CC3CC3)C2)C1. The number of amides is 2. The summed E-state index contributed by atoms with van der Waals surface area (Å²) >= 11 is 0. The third-order valence-corrected chi connectivity index (χ3v) is 6.56. The van der Waals surface area contributed by atoms with Crippen LogP contribution in [-0.2, 0) is 19.6 Å². The van der Waals surface area contributed by atoms with Gasteiger partial charge in [-0.1, -0.05) is 0 Å². The van der Waals surface area contributed by atoms with Crippen molar-refractivity contribution in [1.29, 1.82) is 0 Å². The maximum atomic E-state index is 12.1. The van der Waals surface area contributed by atoms with Crippen molar-refractivity contribution in [3.63, 3.8) is 0 Å². The Bertz CT molecular complexity index is 552. The summed E-state index contributed by atoms with van der Waals surface area (Å²) in [5, 5.41) is 2.56. The molecule has 1 atom stereocenters. The molecule has 118 valence electrons. The Kier molecular flexibility index (Phi) is 3.69. The lowest BCUT2D eigenvalue weighted by atomic mass is 10.1. The van der Waals surface area contributed by atoms with Crippen molar-refractivity contribution in [2.24, 2.45) is 11.8 Å². The number of carbonyl (C=O) groups excluding carboxylic acids is 2. The highest BCUT2D eigenvalue weighted by Gasteiger charge is 2.46. The molecule has 0 bridgehead atoms. The second-order valence-corrected chi connectivity index (χ2v) is 8.27. The molecule has 3 rings (SSSR count). The van der Waals surface area contributed by atoms with Gasteiger partial charge in [0.15, 0.2) is 0 Å². The summed E-state index contributed by atoms with van der Waals surface area (Å²) in [4.78, 5) is 25.2. The Balaban J connectivity index is 1.54. The molecule has 0 spiro atoms. The quantitative estimate of drug-likeness (QED) is 0.705. The zero-order valence-electron chi connectivity index (χ0n) is 12.1. The standard InChI is InChI=1S/C13H21N3O4S/c1-14-13(18)10-4-12(17)16(5-10)11-6-15(7-11)21(19,20)8-9-2-3-9/h9-11H,2-8H2,1H3,(H,14,18). The van der Waals surface area contributed by atoms with Gasteiger partial charge in [0.05, 0.1) is 17.7 Å². The highest BCUT2D eigenvalue weighted by Crippen LogP contribution is 2.33. The van der Waals surface area contributed by atoms with Gasteiger partial charge in [-0.3, -0.25) is 9.59 Å². The van der Waals surface area contributed by atoms with E-state index in [9.17, 15) is 18.0 Å². The summed E-state index contributed by atoms with van der Waals surface area (Å²) in [6, 6.07) is -0.0684. The van der Waals surface area contributed by atoms with Gasteiger partial charge in [-0.05, 0) is 18.8 Å². The van der Waals surface area contributed by atoms with Gasteiger partial charge in [-0.25, -0.2) is 8.42 Å². The fourth-order valence-electron chi connectivity index (χ4n) is 2.99. The minimum atomic E-state index is -3.16. The monoisotopic (exact) mass is 315 g/mol. The lowest BCUT2D eigenvalue weighted by Gasteiger charge is -2.43. The van der Waals surface area contributed by atoms with Gasteiger partial charge in [-0.2, -0.15) is 4.31 Å². The molecule has 0 radical (unpaired) electrons. The topological polar surface area (TPSA) is 86.8 Å². The Morgan fingerprint density at radius 1 is 1.29 bits per heavy atom. The fraction of sp³-hybridized carbons (Fsp3) is 0.846. The third-order valence-electron chi connectivity index (χ3n) is 4.58. The maximum absolute atomic E-state index is 12.1. The van der Waals surface area contributed by atoms with Crippen LogP contribution in [0.3, 0.4) is 0 Å². The van der Waals surface area contributed by atoms with E-state index >= 15 is 0 Å². The third kappa shape index (κ3) is 2.91. The van der Waals surface area contributed by atoms with Gasteiger partial charge in [0.25, 0.3) is 0 Å². The van der Waals surface area contributed by atoms with E-state index < -0.39 is 10.0 Å². The average Bonchev–Trinajstić information content (AvgIpc) is 3.08. The van der Waals surface area contributed by atoms with E-state index in [1.807, 2.05) is 0 Å². The van der Waals surface area contributed by atoms with E-state index in [-0.39, 0.29) is 35.9 Å². The molecule has 3 fully saturated rings. The molecule has 1 N–H and O–H groups in total. The summed E-state index contributed by atoms with van der Waals surface area (Å²) in [5.74, 6) is 0.102. The molecule has 3 aliphatic rings. The summed E-state index contributed by atoms with van der Waals surface area (Å²) < 4.78 is 25.6. The van der Waals surface area contributed by atoms with Gasteiger partial charge in [0, 0.05) is 33.1 Å². The minimum Gasteiger partial charge on any atom is -0.359 e. The first-order chi connectivity index (χ1) is 9.90. The van der Waals surface area contributed by atoms with Crippen molar-refractivity contribution in [3.05, 3.63) is 0 Å². The van der Waals surface area contributed by atoms with E-state index in [1.165, 1.54) is 4.31 Å². The molecule has 0 aromatic heterocycles. The largest absolute Gasteiger partial charge is 0.359 e. The smallest absolute Gasteiger partial charge is 0.225 e. The molecule has 21 heavy (non-hydrogen) atoms. The maximum Gasteiger partial charge on any atom is 0.225 e. The molecule has 1 unspecified atom stereocenters. The molecule has 7 nitrogen and oxygen atoms in total. The Labute approximate surface area is 124 Å². The van der Waals surface area contributed by atoms with Crippen LogP contribution in [0.5, 0.6) is 0 Å². The number of nitrogens with one attached hydrogen (secondary N) is 1. The van der Waals surface area contributed by atoms with E-state index in [1.54, 1.807) is 11.9 Å². The molecule has 2 heterocycles. The highest BCUT2D eigenvalue weighted by molar-refractivity contribution is 7.89. The number of likely N-dealkylation sites (tertiary alicyclic amines) is 1. The van der Waals surface area contributed by atoms with Gasteiger partial charge in [-0.15, -0.1) is 0 Å². The zero-order chi connectivity index (χ0) is 15.2. The molecule has 2 saturated heterocycles. The summed E-state index contributed by atoms with van der Waals surface area (Å²) in [6.07, 6.45) is 2.24. The van der Waals surface area contributed by atoms with Gasteiger partial charge < -0.3 is 10.2 Å². The molecule has 1 saturated carbocycles. The first-order valence-corrected chi connectivity index (χ1v) is 9.00. The van der Waals surface area contributed by atoms with E-state index in [4.69, 9.17) is 0 Å².